The summed E-state index contributed by atoms with van der Waals surface area (Å²) in [6.07, 6.45) is 0. The average molecular weight is 299 g/mol. The van der Waals surface area contributed by atoms with Crippen LogP contribution in [0.1, 0.15) is 16.4 Å². The Kier molecular flexibility index (Phi) is 4.13. The van der Waals surface area contributed by atoms with Gasteiger partial charge in [-0.2, -0.15) is 0 Å². The van der Waals surface area contributed by atoms with Crippen molar-refractivity contribution in [1.29, 1.82) is 0 Å². The summed E-state index contributed by atoms with van der Waals surface area (Å²) in [5, 5.41) is 7.30. The van der Waals surface area contributed by atoms with Crippen molar-refractivity contribution in [2.24, 2.45) is 0 Å². The highest BCUT2D eigenvalue weighted by atomic mass is 32.1. The fourth-order valence-electron chi connectivity index (χ4n) is 2.13. The number of thiazole rings is 1. The maximum absolute atomic E-state index is 5.91. The van der Waals surface area contributed by atoms with Crippen molar-refractivity contribution in [2.45, 2.75) is 20.1 Å². The van der Waals surface area contributed by atoms with Crippen LogP contribution in [0.2, 0.25) is 0 Å². The summed E-state index contributed by atoms with van der Waals surface area (Å²) in [6.45, 7) is 3.25. The summed E-state index contributed by atoms with van der Waals surface area (Å²) in [6, 6.07) is 10.1. The van der Waals surface area contributed by atoms with E-state index in [1.54, 1.807) is 11.3 Å². The molecule has 4 nitrogen and oxygen atoms in total. The quantitative estimate of drug-likeness (QED) is 0.785. The van der Waals surface area contributed by atoms with E-state index in [0.29, 0.717) is 6.61 Å². The summed E-state index contributed by atoms with van der Waals surface area (Å²) in [4.78, 5) is 9.09. The lowest BCUT2D eigenvalue weighted by Gasteiger charge is -2.08. The van der Waals surface area contributed by atoms with Crippen LogP contribution in [-0.2, 0) is 13.2 Å². The second kappa shape index (κ2) is 6.20. The number of rotatable bonds is 5. The molecule has 0 aliphatic carbocycles. The number of hydrogen-bond donors (Lipinski definition) is 1. The van der Waals surface area contributed by atoms with Crippen molar-refractivity contribution in [3.8, 4) is 5.75 Å². The molecule has 2 aromatic heterocycles. The van der Waals surface area contributed by atoms with Crippen molar-refractivity contribution in [3.05, 3.63) is 52.1 Å². The number of aryl methyl sites for hydroxylation is 1. The monoisotopic (exact) mass is 299 g/mol. The maximum Gasteiger partial charge on any atom is 0.146 e. The number of aromatic nitrogens is 2. The first kappa shape index (κ1) is 14.0. The van der Waals surface area contributed by atoms with Crippen LogP contribution < -0.4 is 10.1 Å². The molecule has 0 radical (unpaired) electrons. The molecule has 0 aliphatic rings. The van der Waals surface area contributed by atoms with Gasteiger partial charge in [-0.05, 0) is 26.1 Å². The number of pyridine rings is 1. The van der Waals surface area contributed by atoms with Gasteiger partial charge < -0.3 is 10.1 Å². The van der Waals surface area contributed by atoms with Crippen molar-refractivity contribution < 1.29 is 4.74 Å². The topological polar surface area (TPSA) is 47.0 Å². The fourth-order valence-corrected chi connectivity index (χ4v) is 2.92. The van der Waals surface area contributed by atoms with Gasteiger partial charge in [-0.3, -0.25) is 0 Å². The van der Waals surface area contributed by atoms with E-state index in [1.807, 2.05) is 43.6 Å². The van der Waals surface area contributed by atoms with E-state index in [4.69, 9.17) is 4.74 Å². The Morgan fingerprint density at radius 2 is 2.10 bits per heavy atom. The molecule has 2 heterocycles. The van der Waals surface area contributed by atoms with Gasteiger partial charge in [0.1, 0.15) is 22.9 Å². The number of hydrogen-bond acceptors (Lipinski definition) is 5. The zero-order valence-electron chi connectivity index (χ0n) is 12.1. The normalized spacial score (nSPS) is 11.0. The molecule has 3 aromatic rings. The van der Waals surface area contributed by atoms with E-state index >= 15 is 0 Å². The third-order valence-corrected chi connectivity index (χ3v) is 4.02. The molecule has 0 unspecified atom stereocenters. The van der Waals surface area contributed by atoms with Crippen molar-refractivity contribution in [1.82, 2.24) is 15.3 Å². The first-order chi connectivity index (χ1) is 10.3. The van der Waals surface area contributed by atoms with Crippen molar-refractivity contribution in [2.75, 3.05) is 7.05 Å². The molecule has 21 heavy (non-hydrogen) atoms. The Bertz CT molecular complexity index is 754. The molecule has 0 fully saturated rings. The Labute approximate surface area is 127 Å². The Morgan fingerprint density at radius 1 is 1.19 bits per heavy atom. The summed E-state index contributed by atoms with van der Waals surface area (Å²) >= 11 is 1.65. The number of nitrogens with zero attached hydrogens (tertiary/aromatic N) is 2. The third kappa shape index (κ3) is 3.20. The second-order valence-corrected chi connectivity index (χ2v) is 5.77. The van der Waals surface area contributed by atoms with Gasteiger partial charge in [0.05, 0.1) is 5.69 Å². The molecular weight excluding hydrogens is 282 g/mol. The Hall–Kier alpha value is -1.98. The maximum atomic E-state index is 5.91. The summed E-state index contributed by atoms with van der Waals surface area (Å²) < 4.78 is 5.91. The number of para-hydroxylation sites is 1. The predicted molar refractivity (Wildman–Crippen MR) is 85.7 cm³/mol. The first-order valence-electron chi connectivity index (χ1n) is 6.83. The van der Waals surface area contributed by atoms with Gasteiger partial charge in [0, 0.05) is 23.0 Å². The lowest BCUT2D eigenvalue weighted by Crippen LogP contribution is -2.05. The molecule has 0 atom stereocenters. The van der Waals surface area contributed by atoms with Gasteiger partial charge in [0.25, 0.3) is 0 Å². The van der Waals surface area contributed by atoms with Crippen molar-refractivity contribution in [3.63, 3.8) is 0 Å². The molecule has 108 valence electrons. The molecule has 1 N–H and O–H groups in total. The lowest BCUT2D eigenvalue weighted by atomic mass is 10.2. The van der Waals surface area contributed by atoms with Crippen LogP contribution in [-0.4, -0.2) is 17.0 Å². The van der Waals surface area contributed by atoms with Gasteiger partial charge in [0.15, 0.2) is 0 Å². The number of ether oxygens (including phenoxy) is 1. The summed E-state index contributed by atoms with van der Waals surface area (Å²) in [5.74, 6) is 0.805. The second-order valence-electron chi connectivity index (χ2n) is 4.83. The summed E-state index contributed by atoms with van der Waals surface area (Å²) in [7, 11) is 1.92. The van der Waals surface area contributed by atoms with E-state index in [-0.39, 0.29) is 0 Å². The molecule has 0 aliphatic heterocycles. The van der Waals surface area contributed by atoms with Crippen molar-refractivity contribution >= 4 is 22.2 Å². The number of fused-ring (bicyclic) bond motifs is 1. The van der Waals surface area contributed by atoms with E-state index in [1.165, 1.54) is 0 Å². The minimum absolute atomic E-state index is 0.467. The highest BCUT2D eigenvalue weighted by molar-refractivity contribution is 7.09. The third-order valence-electron chi connectivity index (χ3n) is 3.13. The van der Waals surface area contributed by atoms with Crippen LogP contribution in [0.5, 0.6) is 5.75 Å². The Balaban J connectivity index is 1.79. The van der Waals surface area contributed by atoms with E-state index in [9.17, 15) is 0 Å². The van der Waals surface area contributed by atoms with Crippen LogP contribution in [0.15, 0.2) is 35.7 Å². The Morgan fingerprint density at radius 3 is 2.95 bits per heavy atom. The zero-order valence-corrected chi connectivity index (χ0v) is 12.9. The molecule has 5 heteroatoms. The SMILES string of the molecule is CNCc1nc(COc2cccc3ccc(C)nc23)cs1. The van der Waals surface area contributed by atoms with Crippen LogP contribution in [0.3, 0.4) is 0 Å². The molecule has 0 saturated heterocycles. The molecule has 0 amide bonds. The first-order valence-corrected chi connectivity index (χ1v) is 7.71. The minimum atomic E-state index is 0.467. The molecule has 0 saturated carbocycles. The van der Waals surface area contributed by atoms with Gasteiger partial charge in [0.2, 0.25) is 0 Å². The van der Waals surface area contributed by atoms with Gasteiger partial charge in [-0.25, -0.2) is 9.97 Å². The summed E-state index contributed by atoms with van der Waals surface area (Å²) in [5.41, 5.74) is 2.85. The van der Waals surface area contributed by atoms with Gasteiger partial charge >= 0.3 is 0 Å². The zero-order chi connectivity index (χ0) is 14.7. The lowest BCUT2D eigenvalue weighted by molar-refractivity contribution is 0.305. The fraction of sp³-hybridized carbons (Fsp3) is 0.250. The standard InChI is InChI=1S/C16H17N3OS/c1-11-6-7-12-4-3-5-14(16(12)18-11)20-9-13-10-21-15(19-13)8-17-2/h3-7,10,17H,8-9H2,1-2H3. The highest BCUT2D eigenvalue weighted by Gasteiger charge is 2.06. The molecule has 1 aromatic carbocycles. The van der Waals surface area contributed by atoms with Crippen LogP contribution in [0, 0.1) is 6.92 Å². The largest absolute Gasteiger partial charge is 0.485 e. The minimum Gasteiger partial charge on any atom is -0.485 e. The molecule has 0 spiro atoms. The predicted octanol–water partition coefficient (Wildman–Crippen LogP) is 3.30. The molecule has 3 rings (SSSR count). The highest BCUT2D eigenvalue weighted by Crippen LogP contribution is 2.25. The van der Waals surface area contributed by atoms with Gasteiger partial charge in [-0.15, -0.1) is 11.3 Å². The van der Waals surface area contributed by atoms with E-state index in [2.05, 4.69) is 21.4 Å². The van der Waals surface area contributed by atoms with Crippen LogP contribution in [0.4, 0.5) is 0 Å². The van der Waals surface area contributed by atoms with E-state index in [0.717, 1.165) is 39.6 Å². The average Bonchev–Trinajstić information content (AvgIpc) is 2.93. The molecular formula is C16H17N3OS. The number of nitrogens with one attached hydrogen (secondary N) is 1. The van der Waals surface area contributed by atoms with Crippen LogP contribution in [0.25, 0.3) is 10.9 Å². The van der Waals surface area contributed by atoms with E-state index < -0.39 is 0 Å². The van der Waals surface area contributed by atoms with Crippen LogP contribution >= 0.6 is 11.3 Å². The number of benzene rings is 1. The smallest absolute Gasteiger partial charge is 0.146 e. The molecule has 0 bridgehead atoms. The van der Waals surface area contributed by atoms with Gasteiger partial charge in [-0.1, -0.05) is 18.2 Å².